The number of anilines is 2. The fourth-order valence-corrected chi connectivity index (χ4v) is 5.57. The number of halogens is 1. The van der Waals surface area contributed by atoms with E-state index >= 15 is 0 Å². The minimum Gasteiger partial charge on any atom is -0.299 e. The minimum absolute atomic E-state index is 0.323. The molecule has 0 aliphatic carbocycles. The fraction of sp³-hybridized carbons (Fsp3) is 0.438. The highest BCUT2D eigenvalue weighted by atomic mass is 35.5. The fourth-order valence-electron chi connectivity index (χ4n) is 2.25. The van der Waals surface area contributed by atoms with Crippen LogP contribution in [0.15, 0.2) is 22.5 Å². The van der Waals surface area contributed by atoms with E-state index < -0.39 is 22.0 Å². The molecule has 1 N–H and O–H groups in total. The summed E-state index contributed by atoms with van der Waals surface area (Å²) >= 11 is 8.91. The molecule has 0 saturated carbocycles. The number of rotatable bonds is 7. The maximum absolute atomic E-state index is 12.6. The van der Waals surface area contributed by atoms with Gasteiger partial charge in [0.2, 0.25) is 21.1 Å². The molecule has 1 heterocycles. The van der Waals surface area contributed by atoms with Crippen LogP contribution in [0.1, 0.15) is 26.3 Å². The number of nitrogens with one attached hydrogen (secondary N) is 1. The Kier molecular flexibility index (Phi) is 7.12. The number of amides is 1. The summed E-state index contributed by atoms with van der Waals surface area (Å²) in [4.78, 5) is 12.6. The molecule has 1 aromatic heterocycles. The summed E-state index contributed by atoms with van der Waals surface area (Å²) in [5, 5.41) is 11.7. The van der Waals surface area contributed by atoms with Crippen molar-refractivity contribution in [1.29, 1.82) is 0 Å². The lowest BCUT2D eigenvalue weighted by molar-refractivity contribution is -0.116. The molecule has 0 radical (unpaired) electrons. The summed E-state index contributed by atoms with van der Waals surface area (Å²) in [6.45, 7) is 7.39. The number of sulfonamides is 1. The van der Waals surface area contributed by atoms with Crippen LogP contribution < -0.4 is 9.62 Å². The molecule has 1 aromatic carbocycles. The summed E-state index contributed by atoms with van der Waals surface area (Å²) in [5.41, 5.74) is 1.14. The van der Waals surface area contributed by atoms with Crippen LogP contribution in [0.2, 0.25) is 5.02 Å². The number of benzene rings is 1. The molecule has 1 amide bonds. The molecule has 11 heteroatoms. The Morgan fingerprint density at radius 3 is 2.52 bits per heavy atom. The van der Waals surface area contributed by atoms with Crippen molar-refractivity contribution in [3.63, 3.8) is 0 Å². The number of aryl methyl sites for hydroxylation is 1. The molecule has 0 bridgehead atoms. The molecule has 2 rings (SSSR count). The van der Waals surface area contributed by atoms with Gasteiger partial charge in [0, 0.05) is 10.3 Å². The van der Waals surface area contributed by atoms with Crippen molar-refractivity contribution in [2.75, 3.05) is 15.9 Å². The van der Waals surface area contributed by atoms with Gasteiger partial charge in [0.25, 0.3) is 0 Å². The van der Waals surface area contributed by atoms with Crippen molar-refractivity contribution in [2.24, 2.45) is 0 Å². The van der Waals surface area contributed by atoms with Gasteiger partial charge in [0.15, 0.2) is 4.34 Å². The molecule has 148 valence electrons. The van der Waals surface area contributed by atoms with E-state index in [1.165, 1.54) is 36.1 Å². The van der Waals surface area contributed by atoms with Crippen LogP contribution in [0.4, 0.5) is 10.8 Å². The predicted octanol–water partition coefficient (Wildman–Crippen LogP) is 3.79. The van der Waals surface area contributed by atoms with Crippen LogP contribution >= 0.6 is 34.7 Å². The number of nitrogens with zero attached hydrogens (tertiary/aromatic N) is 3. The second kappa shape index (κ2) is 8.76. The molecule has 27 heavy (non-hydrogen) atoms. The van der Waals surface area contributed by atoms with E-state index in [-0.39, 0.29) is 0 Å². The Bertz CT molecular complexity index is 931. The normalized spacial score (nSPS) is 12.9. The maximum Gasteiger partial charge on any atom is 0.249 e. The van der Waals surface area contributed by atoms with Gasteiger partial charge in [-0.1, -0.05) is 54.6 Å². The highest BCUT2D eigenvalue weighted by Crippen LogP contribution is 2.30. The Hall–Kier alpha value is -1.36. The van der Waals surface area contributed by atoms with Gasteiger partial charge < -0.3 is 0 Å². The van der Waals surface area contributed by atoms with E-state index in [9.17, 15) is 13.2 Å². The van der Waals surface area contributed by atoms with Gasteiger partial charge >= 0.3 is 0 Å². The van der Waals surface area contributed by atoms with Crippen LogP contribution in [0.3, 0.4) is 0 Å². The monoisotopic (exact) mass is 448 g/mol. The first-order chi connectivity index (χ1) is 12.5. The molecule has 0 fully saturated rings. The zero-order valence-corrected chi connectivity index (χ0v) is 18.8. The predicted molar refractivity (Wildman–Crippen MR) is 113 cm³/mol. The molecule has 0 saturated heterocycles. The number of carbonyl (C=O) groups is 1. The van der Waals surface area contributed by atoms with Crippen molar-refractivity contribution in [3.8, 4) is 0 Å². The average molecular weight is 449 g/mol. The number of carbonyl (C=O) groups excluding carboxylic acids is 1. The summed E-state index contributed by atoms with van der Waals surface area (Å²) in [6.07, 6.45) is 1.05. The Morgan fingerprint density at radius 2 is 1.96 bits per heavy atom. The van der Waals surface area contributed by atoms with Gasteiger partial charge in [0.05, 0.1) is 11.9 Å². The quantitative estimate of drug-likeness (QED) is 0.511. The lowest BCUT2D eigenvalue weighted by atomic mass is 10.2. The van der Waals surface area contributed by atoms with Gasteiger partial charge in [-0.25, -0.2) is 8.42 Å². The zero-order chi connectivity index (χ0) is 20.4. The number of thioether (sulfide) groups is 1. The standard InChI is InChI=1S/C16H21ClN4O3S3/c1-9(2)25-16-20-19-15(26-16)18-14(22)11(4)21(27(5,23)24)12-7-6-10(3)13(17)8-12/h6-9,11H,1-5H3,(H,18,19,22). The third-order valence-corrected chi connectivity index (χ3v) is 7.05. The van der Waals surface area contributed by atoms with Gasteiger partial charge in [-0.15, -0.1) is 10.2 Å². The third-order valence-electron chi connectivity index (χ3n) is 3.47. The molecule has 0 aliphatic rings. The van der Waals surface area contributed by atoms with Crippen LogP contribution in [-0.2, 0) is 14.8 Å². The van der Waals surface area contributed by atoms with E-state index in [4.69, 9.17) is 11.6 Å². The third kappa shape index (κ3) is 5.81. The average Bonchev–Trinajstić information content (AvgIpc) is 2.95. The molecule has 0 spiro atoms. The Labute approximate surface area is 172 Å². The minimum atomic E-state index is -3.72. The van der Waals surface area contributed by atoms with Crippen LogP contribution in [0.25, 0.3) is 0 Å². The highest BCUT2D eigenvalue weighted by Gasteiger charge is 2.30. The maximum atomic E-state index is 12.6. The molecular weight excluding hydrogens is 428 g/mol. The topological polar surface area (TPSA) is 92.3 Å². The molecule has 2 aromatic rings. The summed E-state index contributed by atoms with van der Waals surface area (Å²) in [6, 6.07) is 3.86. The van der Waals surface area contributed by atoms with Crippen molar-refractivity contribution in [2.45, 2.75) is 43.3 Å². The smallest absolute Gasteiger partial charge is 0.249 e. The SMILES string of the molecule is Cc1ccc(N(C(C)C(=O)Nc2nnc(SC(C)C)s2)S(C)(=O)=O)cc1Cl. The first-order valence-electron chi connectivity index (χ1n) is 8.05. The van der Waals surface area contributed by atoms with E-state index in [1.54, 1.807) is 12.1 Å². The van der Waals surface area contributed by atoms with E-state index in [0.29, 0.717) is 21.1 Å². The first kappa shape index (κ1) is 21.9. The number of hydrogen-bond donors (Lipinski definition) is 1. The number of aromatic nitrogens is 2. The largest absolute Gasteiger partial charge is 0.299 e. The Balaban J connectivity index is 2.24. The van der Waals surface area contributed by atoms with E-state index in [2.05, 4.69) is 15.5 Å². The van der Waals surface area contributed by atoms with Crippen LogP contribution in [0, 0.1) is 6.92 Å². The van der Waals surface area contributed by atoms with Crippen LogP contribution in [0.5, 0.6) is 0 Å². The first-order valence-corrected chi connectivity index (χ1v) is 12.0. The molecular formula is C16H21ClN4O3S3. The number of hydrogen-bond acceptors (Lipinski definition) is 7. The second-order valence-electron chi connectivity index (χ2n) is 6.20. The van der Waals surface area contributed by atoms with Crippen molar-refractivity contribution in [1.82, 2.24) is 10.2 Å². The summed E-state index contributed by atoms with van der Waals surface area (Å²) < 4.78 is 26.4. The zero-order valence-electron chi connectivity index (χ0n) is 15.6. The molecule has 1 unspecified atom stereocenters. The van der Waals surface area contributed by atoms with Crippen molar-refractivity contribution >= 4 is 61.4 Å². The molecule has 0 aliphatic heterocycles. The van der Waals surface area contributed by atoms with E-state index in [1.807, 2.05) is 20.8 Å². The molecule has 7 nitrogen and oxygen atoms in total. The lowest BCUT2D eigenvalue weighted by Crippen LogP contribution is -2.45. The summed E-state index contributed by atoms with van der Waals surface area (Å²) in [5.74, 6) is -0.505. The van der Waals surface area contributed by atoms with Crippen molar-refractivity contribution in [3.05, 3.63) is 28.8 Å². The van der Waals surface area contributed by atoms with Gasteiger partial charge in [0.1, 0.15) is 6.04 Å². The highest BCUT2D eigenvalue weighted by molar-refractivity contribution is 8.01. The Morgan fingerprint density at radius 1 is 1.30 bits per heavy atom. The van der Waals surface area contributed by atoms with Gasteiger partial charge in [-0.2, -0.15) is 0 Å². The van der Waals surface area contributed by atoms with Gasteiger partial charge in [-0.05, 0) is 31.5 Å². The van der Waals surface area contributed by atoms with Crippen LogP contribution in [-0.4, -0.2) is 42.1 Å². The van der Waals surface area contributed by atoms with Gasteiger partial charge in [-0.3, -0.25) is 14.4 Å². The molecule has 1 atom stereocenters. The summed E-state index contributed by atoms with van der Waals surface area (Å²) in [7, 11) is -3.72. The van der Waals surface area contributed by atoms with E-state index in [0.717, 1.165) is 20.5 Å². The lowest BCUT2D eigenvalue weighted by Gasteiger charge is -2.28. The second-order valence-corrected chi connectivity index (χ2v) is 11.3. The van der Waals surface area contributed by atoms with Crippen molar-refractivity contribution < 1.29 is 13.2 Å².